The molecule has 0 spiro atoms. The van der Waals surface area contributed by atoms with Crippen molar-refractivity contribution < 1.29 is 23.1 Å². The lowest BCUT2D eigenvalue weighted by molar-refractivity contribution is -0.162. The van der Waals surface area contributed by atoms with E-state index in [0.29, 0.717) is 5.69 Å². The fourth-order valence-corrected chi connectivity index (χ4v) is 2.44. The Hall–Kier alpha value is -2.12. The summed E-state index contributed by atoms with van der Waals surface area (Å²) >= 11 is 0. The lowest BCUT2D eigenvalue weighted by atomic mass is 9.97. The normalized spacial score (nSPS) is 17.4. The quantitative estimate of drug-likeness (QED) is 0.919. The Morgan fingerprint density at radius 1 is 1.45 bits per heavy atom. The number of rotatable bonds is 2. The van der Waals surface area contributed by atoms with Gasteiger partial charge >= 0.3 is 12.1 Å². The highest BCUT2D eigenvalue weighted by molar-refractivity contribution is 5.89. The molecule has 0 aliphatic heterocycles. The van der Waals surface area contributed by atoms with Crippen LogP contribution in [0.4, 0.5) is 13.2 Å². The van der Waals surface area contributed by atoms with Gasteiger partial charge in [-0.05, 0) is 19.8 Å². The zero-order valence-electron chi connectivity index (χ0n) is 10.4. The highest BCUT2D eigenvalue weighted by Crippen LogP contribution is 2.59. The Bertz CT molecular complexity index is 717. The first-order valence-corrected chi connectivity index (χ1v) is 5.92. The van der Waals surface area contributed by atoms with Crippen molar-refractivity contribution in [2.45, 2.75) is 31.4 Å². The monoisotopic (exact) mass is 285 g/mol. The molecule has 0 saturated heterocycles. The van der Waals surface area contributed by atoms with Crippen molar-refractivity contribution in [3.8, 4) is 0 Å². The predicted octanol–water partition coefficient (Wildman–Crippen LogP) is 2.33. The van der Waals surface area contributed by atoms with Gasteiger partial charge in [-0.3, -0.25) is 0 Å². The molecular weight excluding hydrogens is 275 g/mol. The molecule has 1 aliphatic rings. The third-order valence-corrected chi connectivity index (χ3v) is 3.58. The van der Waals surface area contributed by atoms with Gasteiger partial charge in [-0.25, -0.2) is 14.3 Å². The number of carbonyl (C=O) groups is 1. The molecule has 2 aromatic heterocycles. The smallest absolute Gasteiger partial charge is 0.399 e. The van der Waals surface area contributed by atoms with Crippen LogP contribution in [0, 0.1) is 6.92 Å². The number of alkyl halides is 3. The molecule has 1 N–H and O–H groups in total. The lowest BCUT2D eigenvalue weighted by Crippen LogP contribution is -2.33. The standard InChI is InChI=1S/C12H10F3N3O2/c1-6-4-8-16-5-7(10(19)20)9(18(8)17-6)11(2-3-11)12(13,14)15/h4-5H,2-3H2,1H3,(H,19,20). The number of fused-ring (bicyclic) bond motifs is 1. The number of aromatic carboxylic acids is 1. The molecule has 3 rings (SSSR count). The van der Waals surface area contributed by atoms with Gasteiger partial charge in [0.1, 0.15) is 11.0 Å². The van der Waals surface area contributed by atoms with Gasteiger partial charge in [-0.1, -0.05) is 0 Å². The molecule has 0 bridgehead atoms. The topological polar surface area (TPSA) is 67.5 Å². The van der Waals surface area contributed by atoms with Crippen LogP contribution in [-0.4, -0.2) is 31.9 Å². The summed E-state index contributed by atoms with van der Waals surface area (Å²) in [7, 11) is 0. The van der Waals surface area contributed by atoms with Gasteiger partial charge in [-0.2, -0.15) is 18.3 Å². The van der Waals surface area contributed by atoms with Gasteiger partial charge in [0.15, 0.2) is 5.65 Å². The molecule has 0 unspecified atom stereocenters. The van der Waals surface area contributed by atoms with E-state index < -0.39 is 23.1 Å². The Labute approximate surface area is 111 Å². The van der Waals surface area contributed by atoms with Crippen LogP contribution in [0.15, 0.2) is 12.3 Å². The van der Waals surface area contributed by atoms with Crippen LogP contribution in [0.5, 0.6) is 0 Å². The lowest BCUT2D eigenvalue weighted by Gasteiger charge is -2.21. The maximum absolute atomic E-state index is 13.3. The molecule has 1 saturated carbocycles. The molecular formula is C12H10F3N3O2. The van der Waals surface area contributed by atoms with Crippen LogP contribution >= 0.6 is 0 Å². The molecule has 2 aromatic rings. The highest BCUT2D eigenvalue weighted by atomic mass is 19.4. The van der Waals surface area contributed by atoms with Crippen molar-refractivity contribution in [1.82, 2.24) is 14.6 Å². The molecule has 20 heavy (non-hydrogen) atoms. The Morgan fingerprint density at radius 3 is 2.60 bits per heavy atom. The summed E-state index contributed by atoms with van der Waals surface area (Å²) in [5.74, 6) is -1.43. The van der Waals surface area contributed by atoms with Crippen molar-refractivity contribution in [2.75, 3.05) is 0 Å². The number of hydrogen-bond acceptors (Lipinski definition) is 3. The van der Waals surface area contributed by atoms with Crippen molar-refractivity contribution in [3.63, 3.8) is 0 Å². The zero-order valence-corrected chi connectivity index (χ0v) is 10.4. The first kappa shape index (κ1) is 12.9. The van der Waals surface area contributed by atoms with Crippen molar-refractivity contribution in [3.05, 3.63) is 29.2 Å². The van der Waals surface area contributed by atoms with E-state index in [1.165, 1.54) is 6.07 Å². The first-order valence-electron chi connectivity index (χ1n) is 5.92. The Balaban J connectivity index is 2.37. The van der Waals surface area contributed by atoms with Crippen LogP contribution < -0.4 is 0 Å². The average molecular weight is 285 g/mol. The van der Waals surface area contributed by atoms with Crippen molar-refractivity contribution in [2.24, 2.45) is 0 Å². The second kappa shape index (κ2) is 3.71. The molecule has 1 aliphatic carbocycles. The van der Waals surface area contributed by atoms with E-state index in [1.807, 2.05) is 0 Å². The van der Waals surface area contributed by atoms with Gasteiger partial charge in [0.05, 0.1) is 11.4 Å². The van der Waals surface area contributed by atoms with Crippen LogP contribution in [0.2, 0.25) is 0 Å². The third kappa shape index (κ3) is 1.60. The number of halogens is 3. The Kier molecular flexibility index (Phi) is 2.39. The number of aryl methyl sites for hydroxylation is 1. The van der Waals surface area contributed by atoms with Crippen LogP contribution in [-0.2, 0) is 5.41 Å². The number of nitrogens with zero attached hydrogens (tertiary/aromatic N) is 3. The summed E-state index contributed by atoms with van der Waals surface area (Å²) in [4.78, 5) is 15.1. The minimum Gasteiger partial charge on any atom is -0.478 e. The summed E-state index contributed by atoms with van der Waals surface area (Å²) in [6, 6.07) is 1.52. The van der Waals surface area contributed by atoms with Gasteiger partial charge < -0.3 is 5.11 Å². The molecule has 1 fully saturated rings. The second-order valence-electron chi connectivity index (χ2n) is 4.96. The highest BCUT2D eigenvalue weighted by Gasteiger charge is 2.66. The van der Waals surface area contributed by atoms with E-state index in [9.17, 15) is 18.0 Å². The molecule has 8 heteroatoms. The molecule has 106 valence electrons. The maximum Gasteiger partial charge on any atom is 0.399 e. The predicted molar refractivity (Wildman–Crippen MR) is 61.7 cm³/mol. The van der Waals surface area contributed by atoms with Gasteiger partial charge in [0.2, 0.25) is 0 Å². The second-order valence-corrected chi connectivity index (χ2v) is 4.96. The Morgan fingerprint density at radius 2 is 2.10 bits per heavy atom. The fraction of sp³-hybridized carbons (Fsp3) is 0.417. The molecule has 0 atom stereocenters. The van der Waals surface area contributed by atoms with Crippen molar-refractivity contribution in [1.29, 1.82) is 0 Å². The number of hydrogen-bond donors (Lipinski definition) is 1. The van der Waals surface area contributed by atoms with E-state index in [2.05, 4.69) is 10.1 Å². The van der Waals surface area contributed by atoms with Gasteiger partial charge in [-0.15, -0.1) is 0 Å². The number of carboxylic acid groups (broad SMARTS) is 1. The van der Waals surface area contributed by atoms with E-state index in [-0.39, 0.29) is 24.2 Å². The minimum atomic E-state index is -4.51. The van der Waals surface area contributed by atoms with Crippen molar-refractivity contribution >= 4 is 11.6 Å². The number of aromatic nitrogens is 3. The molecule has 0 aromatic carbocycles. The van der Waals surface area contributed by atoms with Gasteiger partial charge in [0.25, 0.3) is 0 Å². The van der Waals surface area contributed by atoms with E-state index in [0.717, 1.165) is 10.7 Å². The fourth-order valence-electron chi connectivity index (χ4n) is 2.44. The summed E-state index contributed by atoms with van der Waals surface area (Å²) in [5, 5.41) is 13.1. The van der Waals surface area contributed by atoms with Crippen LogP contribution in [0.1, 0.15) is 34.6 Å². The van der Waals surface area contributed by atoms with Crippen LogP contribution in [0.3, 0.4) is 0 Å². The summed E-state index contributed by atoms with van der Waals surface area (Å²) in [5.41, 5.74) is -2.19. The van der Waals surface area contributed by atoms with Gasteiger partial charge in [0, 0.05) is 12.3 Å². The third-order valence-electron chi connectivity index (χ3n) is 3.58. The molecule has 0 radical (unpaired) electrons. The summed E-state index contributed by atoms with van der Waals surface area (Å²) in [6.45, 7) is 1.62. The minimum absolute atomic E-state index is 0.130. The number of carboxylic acids is 1. The molecule has 2 heterocycles. The largest absolute Gasteiger partial charge is 0.478 e. The van der Waals surface area contributed by atoms with Crippen LogP contribution in [0.25, 0.3) is 5.65 Å². The summed E-state index contributed by atoms with van der Waals surface area (Å²) in [6.07, 6.45) is -3.80. The average Bonchev–Trinajstić information content (AvgIpc) is 3.04. The molecule has 5 nitrogen and oxygen atoms in total. The zero-order chi connectivity index (χ0) is 14.7. The maximum atomic E-state index is 13.3. The van der Waals surface area contributed by atoms with E-state index >= 15 is 0 Å². The summed E-state index contributed by atoms with van der Waals surface area (Å²) < 4.78 is 40.9. The van der Waals surface area contributed by atoms with E-state index in [1.54, 1.807) is 6.92 Å². The SMILES string of the molecule is Cc1cc2ncc(C(=O)O)c(C3(C(F)(F)F)CC3)n2n1. The molecule has 0 amide bonds. The van der Waals surface area contributed by atoms with E-state index in [4.69, 9.17) is 5.11 Å². The first-order chi connectivity index (χ1) is 9.26.